The number of hydrogen-bond donors (Lipinski definition) is 0. The zero-order valence-electron chi connectivity index (χ0n) is 7.72. The molecule has 1 spiro atoms. The number of fused-ring (bicyclic) bond motifs is 1. The van der Waals surface area contributed by atoms with Gasteiger partial charge in [-0.1, -0.05) is 12.8 Å². The van der Waals surface area contributed by atoms with Crippen LogP contribution in [0.2, 0.25) is 0 Å². The normalized spacial score (nSPS) is 52.0. The lowest BCUT2D eigenvalue weighted by atomic mass is 9.66. The quantitative estimate of drug-likeness (QED) is 0.537. The molecule has 3 unspecified atom stereocenters. The Labute approximate surface area is 74.5 Å². The summed E-state index contributed by atoms with van der Waals surface area (Å²) in [5.74, 6) is 1.87. The summed E-state index contributed by atoms with van der Waals surface area (Å²) in [5.41, 5.74) is 0.390. The first kappa shape index (κ1) is 7.37. The van der Waals surface area contributed by atoms with Crippen molar-refractivity contribution in [3.8, 4) is 0 Å². The molecule has 3 fully saturated rings. The van der Waals surface area contributed by atoms with Gasteiger partial charge in [0.15, 0.2) is 0 Å². The van der Waals surface area contributed by atoms with Crippen LogP contribution in [0.25, 0.3) is 0 Å². The molecule has 0 N–H and O–H groups in total. The van der Waals surface area contributed by atoms with Crippen LogP contribution in [0.1, 0.15) is 44.9 Å². The van der Waals surface area contributed by atoms with Gasteiger partial charge in [-0.05, 0) is 43.9 Å². The first-order valence-electron chi connectivity index (χ1n) is 5.53. The van der Waals surface area contributed by atoms with Crippen molar-refractivity contribution in [3.63, 3.8) is 0 Å². The van der Waals surface area contributed by atoms with E-state index in [9.17, 15) is 0 Å². The fraction of sp³-hybridized carbons (Fsp3) is 1.00. The first-order chi connectivity index (χ1) is 5.89. The molecule has 1 saturated heterocycles. The van der Waals surface area contributed by atoms with Gasteiger partial charge in [0.25, 0.3) is 0 Å². The maximum absolute atomic E-state index is 6.07. The average Bonchev–Trinajstić information content (AvgIpc) is 2.43. The number of ether oxygens (including phenoxy) is 1. The van der Waals surface area contributed by atoms with Gasteiger partial charge < -0.3 is 4.74 Å². The zero-order valence-corrected chi connectivity index (χ0v) is 7.72. The topological polar surface area (TPSA) is 9.23 Å². The van der Waals surface area contributed by atoms with Gasteiger partial charge in [-0.25, -0.2) is 0 Å². The molecular formula is C11H18O. The van der Waals surface area contributed by atoms with Crippen molar-refractivity contribution in [1.29, 1.82) is 0 Å². The van der Waals surface area contributed by atoms with Crippen LogP contribution >= 0.6 is 0 Å². The molecular weight excluding hydrogens is 148 g/mol. The maximum atomic E-state index is 6.07. The Balaban J connectivity index is 1.88. The average molecular weight is 166 g/mol. The van der Waals surface area contributed by atoms with Crippen molar-refractivity contribution in [3.05, 3.63) is 0 Å². The second-order valence-electron chi connectivity index (χ2n) is 4.97. The zero-order chi connectivity index (χ0) is 8.02. The van der Waals surface area contributed by atoms with Gasteiger partial charge in [0, 0.05) is 0 Å². The van der Waals surface area contributed by atoms with Crippen LogP contribution in [0, 0.1) is 11.8 Å². The van der Waals surface area contributed by atoms with Crippen LogP contribution in [-0.4, -0.2) is 12.2 Å². The first-order valence-corrected chi connectivity index (χ1v) is 5.53. The van der Waals surface area contributed by atoms with Gasteiger partial charge in [-0.3, -0.25) is 0 Å². The van der Waals surface area contributed by atoms with Crippen molar-refractivity contribution < 1.29 is 4.74 Å². The third-order valence-electron chi connectivity index (χ3n) is 4.31. The van der Waals surface area contributed by atoms with Crippen LogP contribution in [-0.2, 0) is 4.74 Å². The van der Waals surface area contributed by atoms with Gasteiger partial charge in [-0.15, -0.1) is 0 Å². The Morgan fingerprint density at radius 2 is 2.08 bits per heavy atom. The van der Waals surface area contributed by atoms with E-state index in [0.717, 1.165) is 18.4 Å². The van der Waals surface area contributed by atoms with Crippen molar-refractivity contribution in [1.82, 2.24) is 0 Å². The highest BCUT2D eigenvalue weighted by atomic mass is 16.5. The molecule has 2 saturated carbocycles. The lowest BCUT2D eigenvalue weighted by Crippen LogP contribution is -2.42. The van der Waals surface area contributed by atoms with E-state index in [1.807, 2.05) is 0 Å². The third kappa shape index (κ3) is 0.891. The minimum absolute atomic E-state index is 0.390. The molecule has 3 rings (SSSR count). The highest BCUT2D eigenvalue weighted by Gasteiger charge is 2.50. The fourth-order valence-corrected chi connectivity index (χ4v) is 3.66. The van der Waals surface area contributed by atoms with E-state index < -0.39 is 0 Å². The van der Waals surface area contributed by atoms with Gasteiger partial charge in [0.1, 0.15) is 0 Å². The Hall–Kier alpha value is -0.0400. The maximum Gasteiger partial charge on any atom is 0.0714 e. The highest BCUT2D eigenvalue weighted by Crippen LogP contribution is 2.52. The van der Waals surface area contributed by atoms with Crippen LogP contribution in [0.3, 0.4) is 0 Å². The van der Waals surface area contributed by atoms with Crippen LogP contribution < -0.4 is 0 Å². The van der Waals surface area contributed by atoms with Crippen LogP contribution in [0.15, 0.2) is 0 Å². The van der Waals surface area contributed by atoms with E-state index in [4.69, 9.17) is 4.74 Å². The van der Waals surface area contributed by atoms with Crippen molar-refractivity contribution in [2.75, 3.05) is 6.61 Å². The van der Waals surface area contributed by atoms with Crippen molar-refractivity contribution in [2.45, 2.75) is 50.5 Å². The molecule has 2 bridgehead atoms. The van der Waals surface area contributed by atoms with Gasteiger partial charge >= 0.3 is 0 Å². The fourth-order valence-electron chi connectivity index (χ4n) is 3.66. The number of hydrogen-bond acceptors (Lipinski definition) is 1. The molecule has 0 amide bonds. The monoisotopic (exact) mass is 166 g/mol. The highest BCUT2D eigenvalue weighted by molar-refractivity contribution is 5.00. The van der Waals surface area contributed by atoms with Crippen molar-refractivity contribution >= 4 is 0 Å². The second kappa shape index (κ2) is 2.47. The predicted molar refractivity (Wildman–Crippen MR) is 48.0 cm³/mol. The van der Waals surface area contributed by atoms with Gasteiger partial charge in [0.05, 0.1) is 12.2 Å². The molecule has 12 heavy (non-hydrogen) atoms. The minimum atomic E-state index is 0.390. The molecule has 1 heterocycles. The standard InChI is InChI=1S/C11H18O/c1-2-6-11-7-9(8-12-11)4-5-10(11)3-1/h9-10H,1-8H2. The minimum Gasteiger partial charge on any atom is -0.374 e. The van der Waals surface area contributed by atoms with Gasteiger partial charge in [-0.2, -0.15) is 0 Å². The summed E-state index contributed by atoms with van der Waals surface area (Å²) >= 11 is 0. The van der Waals surface area contributed by atoms with E-state index in [1.54, 1.807) is 0 Å². The van der Waals surface area contributed by atoms with Crippen LogP contribution in [0.5, 0.6) is 0 Å². The summed E-state index contributed by atoms with van der Waals surface area (Å²) in [7, 11) is 0. The van der Waals surface area contributed by atoms with Crippen molar-refractivity contribution in [2.24, 2.45) is 11.8 Å². The smallest absolute Gasteiger partial charge is 0.0714 e. The Kier molecular flexibility index (Phi) is 1.52. The molecule has 3 atom stereocenters. The molecule has 68 valence electrons. The van der Waals surface area contributed by atoms with Gasteiger partial charge in [0.2, 0.25) is 0 Å². The molecule has 1 heteroatoms. The molecule has 3 aliphatic rings. The van der Waals surface area contributed by atoms with Crippen LogP contribution in [0.4, 0.5) is 0 Å². The molecule has 0 aromatic rings. The molecule has 0 aromatic carbocycles. The number of rotatable bonds is 0. The lowest BCUT2D eigenvalue weighted by molar-refractivity contribution is -0.0702. The summed E-state index contributed by atoms with van der Waals surface area (Å²) in [6.45, 7) is 1.08. The summed E-state index contributed by atoms with van der Waals surface area (Å²) < 4.78 is 6.07. The summed E-state index contributed by atoms with van der Waals surface area (Å²) in [6, 6.07) is 0. The summed E-state index contributed by atoms with van der Waals surface area (Å²) in [6.07, 6.45) is 10.0. The van der Waals surface area contributed by atoms with E-state index in [-0.39, 0.29) is 0 Å². The summed E-state index contributed by atoms with van der Waals surface area (Å²) in [4.78, 5) is 0. The lowest BCUT2D eigenvalue weighted by Gasteiger charge is -2.43. The third-order valence-corrected chi connectivity index (χ3v) is 4.31. The second-order valence-corrected chi connectivity index (χ2v) is 4.97. The molecule has 1 nitrogen and oxygen atoms in total. The van der Waals surface area contributed by atoms with E-state index in [2.05, 4.69) is 0 Å². The molecule has 0 radical (unpaired) electrons. The Morgan fingerprint density at radius 1 is 1.08 bits per heavy atom. The van der Waals surface area contributed by atoms with E-state index >= 15 is 0 Å². The SMILES string of the molecule is C1CCC23CC(CCC2C1)CO3. The Morgan fingerprint density at radius 3 is 3.08 bits per heavy atom. The summed E-state index contributed by atoms with van der Waals surface area (Å²) in [5, 5.41) is 0. The predicted octanol–water partition coefficient (Wildman–Crippen LogP) is 2.75. The molecule has 2 aliphatic carbocycles. The molecule has 1 aliphatic heterocycles. The van der Waals surface area contributed by atoms with E-state index in [0.29, 0.717) is 5.60 Å². The van der Waals surface area contributed by atoms with E-state index in [1.165, 1.54) is 44.9 Å². The Bertz CT molecular complexity index is 183. The largest absolute Gasteiger partial charge is 0.374 e. The molecule has 0 aromatic heterocycles.